The zero-order valence-electron chi connectivity index (χ0n) is 19.5. The molecular weight excluding hydrogens is 478 g/mol. The average Bonchev–Trinajstić information content (AvgIpc) is 3.25. The summed E-state index contributed by atoms with van der Waals surface area (Å²) < 4.78 is 60.2. The van der Waals surface area contributed by atoms with Gasteiger partial charge in [0.1, 0.15) is 17.6 Å². The molecule has 0 aliphatic carbocycles. The van der Waals surface area contributed by atoms with Gasteiger partial charge < -0.3 is 9.64 Å². The SMILES string of the molecule is Cn1cc(-c2nc3c(nc2N2CCC(Oc4ccc(F)cc4F)CC2)CCN(S(C)(=O)=O)C3)cn1. The van der Waals surface area contributed by atoms with Gasteiger partial charge in [0.2, 0.25) is 10.0 Å². The maximum atomic E-state index is 14.0. The Morgan fingerprint density at radius 2 is 1.86 bits per heavy atom. The Labute approximate surface area is 202 Å². The predicted octanol–water partition coefficient (Wildman–Crippen LogP) is 2.52. The van der Waals surface area contributed by atoms with Crippen LogP contribution < -0.4 is 9.64 Å². The summed E-state index contributed by atoms with van der Waals surface area (Å²) in [6.07, 6.45) is 6.30. The van der Waals surface area contributed by atoms with Crippen molar-refractivity contribution in [2.24, 2.45) is 7.05 Å². The van der Waals surface area contributed by atoms with E-state index >= 15 is 0 Å². The predicted molar refractivity (Wildman–Crippen MR) is 125 cm³/mol. The average molecular weight is 505 g/mol. The molecule has 0 spiro atoms. The second kappa shape index (κ2) is 9.15. The minimum Gasteiger partial charge on any atom is -0.487 e. The molecule has 1 saturated heterocycles. The number of hydrogen-bond donors (Lipinski definition) is 0. The van der Waals surface area contributed by atoms with Crippen LogP contribution in [0.15, 0.2) is 30.6 Å². The number of aromatic nitrogens is 4. The van der Waals surface area contributed by atoms with E-state index in [0.717, 1.165) is 23.1 Å². The van der Waals surface area contributed by atoms with Crippen LogP contribution in [0, 0.1) is 11.6 Å². The highest BCUT2D eigenvalue weighted by Gasteiger charge is 2.30. The molecular formula is C23H26F2N6O3S. The van der Waals surface area contributed by atoms with Crippen molar-refractivity contribution in [3.63, 3.8) is 0 Å². The summed E-state index contributed by atoms with van der Waals surface area (Å²) in [5, 5.41) is 4.26. The number of halogens is 2. The van der Waals surface area contributed by atoms with Crippen molar-refractivity contribution < 1.29 is 21.9 Å². The van der Waals surface area contributed by atoms with Crippen molar-refractivity contribution in [3.8, 4) is 17.0 Å². The minimum atomic E-state index is -3.33. The van der Waals surface area contributed by atoms with Crippen LogP contribution in [0.3, 0.4) is 0 Å². The van der Waals surface area contributed by atoms with Crippen molar-refractivity contribution in [2.45, 2.75) is 31.9 Å². The fraction of sp³-hybridized carbons (Fsp3) is 0.435. The Bertz CT molecular complexity index is 1360. The van der Waals surface area contributed by atoms with E-state index in [0.29, 0.717) is 50.3 Å². The Morgan fingerprint density at radius 1 is 1.09 bits per heavy atom. The van der Waals surface area contributed by atoms with Crippen LogP contribution in [0.2, 0.25) is 0 Å². The van der Waals surface area contributed by atoms with Crippen molar-refractivity contribution in [1.82, 2.24) is 24.1 Å². The molecule has 9 nitrogen and oxygen atoms in total. The number of sulfonamides is 1. The number of aryl methyl sites for hydroxylation is 1. The summed E-state index contributed by atoms with van der Waals surface area (Å²) in [6.45, 7) is 1.78. The summed E-state index contributed by atoms with van der Waals surface area (Å²) in [6, 6.07) is 3.31. The molecule has 12 heteroatoms. The summed E-state index contributed by atoms with van der Waals surface area (Å²) in [7, 11) is -1.52. The molecule has 1 aromatic carbocycles. The highest BCUT2D eigenvalue weighted by Crippen LogP contribution is 2.33. The van der Waals surface area contributed by atoms with Crippen LogP contribution in [0.5, 0.6) is 5.75 Å². The molecule has 2 aromatic heterocycles. The fourth-order valence-electron chi connectivity index (χ4n) is 4.47. The lowest BCUT2D eigenvalue weighted by atomic mass is 10.1. The van der Waals surface area contributed by atoms with Crippen LogP contribution in [0.25, 0.3) is 11.3 Å². The first kappa shape index (κ1) is 23.6. The van der Waals surface area contributed by atoms with Crippen LogP contribution in [0.4, 0.5) is 14.6 Å². The lowest BCUT2D eigenvalue weighted by molar-refractivity contribution is 0.163. The molecule has 0 N–H and O–H groups in total. The van der Waals surface area contributed by atoms with Gasteiger partial charge in [-0.3, -0.25) is 4.68 Å². The topological polar surface area (TPSA) is 93.5 Å². The third-order valence-electron chi connectivity index (χ3n) is 6.33. The molecule has 2 aliphatic heterocycles. The largest absolute Gasteiger partial charge is 0.487 e. The fourth-order valence-corrected chi connectivity index (χ4v) is 5.25. The lowest BCUT2D eigenvalue weighted by Gasteiger charge is -2.35. The van der Waals surface area contributed by atoms with Gasteiger partial charge in [0.05, 0.1) is 30.4 Å². The first-order chi connectivity index (χ1) is 16.7. The maximum Gasteiger partial charge on any atom is 0.211 e. The molecule has 0 amide bonds. The van der Waals surface area contributed by atoms with E-state index in [4.69, 9.17) is 14.7 Å². The molecule has 0 unspecified atom stereocenters. The Balaban J connectivity index is 1.39. The molecule has 0 bridgehead atoms. The number of rotatable bonds is 5. The highest BCUT2D eigenvalue weighted by molar-refractivity contribution is 7.88. The number of ether oxygens (including phenoxy) is 1. The highest BCUT2D eigenvalue weighted by atomic mass is 32.2. The first-order valence-corrected chi connectivity index (χ1v) is 13.2. The lowest BCUT2D eigenvalue weighted by Crippen LogP contribution is -2.40. The monoisotopic (exact) mass is 504 g/mol. The van der Waals surface area contributed by atoms with E-state index in [1.165, 1.54) is 22.7 Å². The normalized spacial score (nSPS) is 17.4. The van der Waals surface area contributed by atoms with Gasteiger partial charge in [0.15, 0.2) is 17.4 Å². The Morgan fingerprint density at radius 3 is 2.51 bits per heavy atom. The number of hydrogen-bond acceptors (Lipinski definition) is 7. The van der Waals surface area contributed by atoms with Crippen molar-refractivity contribution in [1.29, 1.82) is 0 Å². The van der Waals surface area contributed by atoms with E-state index in [2.05, 4.69) is 10.00 Å². The number of anilines is 1. The zero-order chi connectivity index (χ0) is 24.7. The van der Waals surface area contributed by atoms with Gasteiger partial charge in [-0.2, -0.15) is 9.40 Å². The van der Waals surface area contributed by atoms with Crippen molar-refractivity contribution in [3.05, 3.63) is 53.6 Å². The second-order valence-electron chi connectivity index (χ2n) is 8.92. The summed E-state index contributed by atoms with van der Waals surface area (Å²) in [4.78, 5) is 11.9. The van der Waals surface area contributed by atoms with Gasteiger partial charge in [-0.1, -0.05) is 0 Å². The molecule has 5 rings (SSSR count). The van der Waals surface area contributed by atoms with Crippen LogP contribution in [0.1, 0.15) is 24.2 Å². The molecule has 2 aliphatic rings. The smallest absolute Gasteiger partial charge is 0.211 e. The van der Waals surface area contributed by atoms with E-state index in [1.807, 2.05) is 13.2 Å². The Hall–Kier alpha value is -3.12. The number of piperidine rings is 1. The van der Waals surface area contributed by atoms with E-state index in [-0.39, 0.29) is 18.4 Å². The van der Waals surface area contributed by atoms with E-state index in [1.54, 1.807) is 10.9 Å². The van der Waals surface area contributed by atoms with Gasteiger partial charge in [-0.15, -0.1) is 0 Å². The number of nitrogens with zero attached hydrogens (tertiary/aromatic N) is 6. The molecule has 186 valence electrons. The maximum absolute atomic E-state index is 14.0. The second-order valence-corrected chi connectivity index (χ2v) is 10.9. The van der Waals surface area contributed by atoms with Gasteiger partial charge in [-0.25, -0.2) is 27.2 Å². The van der Waals surface area contributed by atoms with Crippen LogP contribution in [-0.4, -0.2) is 64.5 Å². The van der Waals surface area contributed by atoms with Gasteiger partial charge in [0, 0.05) is 63.8 Å². The zero-order valence-corrected chi connectivity index (χ0v) is 20.3. The molecule has 35 heavy (non-hydrogen) atoms. The molecule has 0 radical (unpaired) electrons. The molecule has 0 saturated carbocycles. The van der Waals surface area contributed by atoms with E-state index in [9.17, 15) is 17.2 Å². The van der Waals surface area contributed by atoms with Gasteiger partial charge >= 0.3 is 0 Å². The molecule has 4 heterocycles. The summed E-state index contributed by atoms with van der Waals surface area (Å²) in [5.41, 5.74) is 2.88. The Kier molecular flexibility index (Phi) is 6.18. The van der Waals surface area contributed by atoms with Gasteiger partial charge in [0.25, 0.3) is 0 Å². The van der Waals surface area contributed by atoms with E-state index < -0.39 is 21.7 Å². The van der Waals surface area contributed by atoms with Crippen LogP contribution >= 0.6 is 0 Å². The van der Waals surface area contributed by atoms with Crippen molar-refractivity contribution in [2.75, 3.05) is 30.8 Å². The van der Waals surface area contributed by atoms with Gasteiger partial charge in [-0.05, 0) is 12.1 Å². The number of benzene rings is 1. The summed E-state index contributed by atoms with van der Waals surface area (Å²) >= 11 is 0. The molecule has 3 aromatic rings. The third kappa shape index (κ3) is 4.98. The third-order valence-corrected chi connectivity index (χ3v) is 7.58. The quantitative estimate of drug-likeness (QED) is 0.527. The number of fused-ring (bicyclic) bond motifs is 1. The molecule has 0 atom stereocenters. The standard InChI is InChI=1S/C23H26F2N6O3S/c1-29-13-15(12-26-29)22-23(28-19-7-10-31(35(2,32)33)14-20(19)27-22)30-8-5-17(6-9-30)34-21-4-3-16(24)11-18(21)25/h3-4,11-13,17H,5-10,14H2,1-2H3. The van der Waals surface area contributed by atoms with Crippen LogP contribution in [-0.2, 0) is 30.0 Å². The molecule has 1 fully saturated rings. The summed E-state index contributed by atoms with van der Waals surface area (Å²) in [5.74, 6) is -0.589. The minimum absolute atomic E-state index is 0.0462. The first-order valence-electron chi connectivity index (χ1n) is 11.4. The van der Waals surface area contributed by atoms with Crippen molar-refractivity contribution >= 4 is 15.8 Å².